The predicted octanol–water partition coefficient (Wildman–Crippen LogP) is 0.688. The number of anilines is 1. The highest BCUT2D eigenvalue weighted by molar-refractivity contribution is 7.88. The first-order valence-corrected chi connectivity index (χ1v) is 10.1. The summed E-state index contributed by atoms with van der Waals surface area (Å²) in [5, 5.41) is 5.56. The van der Waals surface area contributed by atoms with Crippen LogP contribution < -0.4 is 10.6 Å². The second-order valence-corrected chi connectivity index (χ2v) is 8.39. The van der Waals surface area contributed by atoms with Gasteiger partial charge in [0.05, 0.1) is 6.26 Å². The van der Waals surface area contributed by atoms with E-state index in [4.69, 9.17) is 0 Å². The number of sulfonamides is 1. The summed E-state index contributed by atoms with van der Waals surface area (Å²) >= 11 is 0. The van der Waals surface area contributed by atoms with Crippen molar-refractivity contribution in [3.63, 3.8) is 0 Å². The number of urea groups is 1. The molecule has 1 aromatic carbocycles. The number of benzene rings is 1. The number of nitrogens with zero attached hydrogens (tertiary/aromatic N) is 2. The molecule has 0 bridgehead atoms. The van der Waals surface area contributed by atoms with Crippen molar-refractivity contribution in [3.8, 4) is 0 Å². The lowest BCUT2D eigenvalue weighted by Crippen LogP contribution is -2.50. The van der Waals surface area contributed by atoms with Crippen molar-refractivity contribution in [2.45, 2.75) is 18.9 Å². The molecule has 2 N–H and O–H groups in total. The van der Waals surface area contributed by atoms with Crippen LogP contribution in [0.25, 0.3) is 0 Å². The molecule has 0 radical (unpaired) electrons. The lowest BCUT2D eigenvalue weighted by Gasteiger charge is -2.33. The molecule has 0 unspecified atom stereocenters. The average molecular weight is 366 g/mol. The summed E-state index contributed by atoms with van der Waals surface area (Å²) in [5.41, 5.74) is 1.14. The maximum atomic E-state index is 12.5. The largest absolute Gasteiger partial charge is 0.336 e. The van der Waals surface area contributed by atoms with Crippen molar-refractivity contribution in [1.82, 2.24) is 14.5 Å². The zero-order valence-corrected chi connectivity index (χ0v) is 14.9. The fourth-order valence-corrected chi connectivity index (χ4v) is 3.51. The molecule has 1 aliphatic heterocycles. The molecular formula is C16H22N4O4S. The summed E-state index contributed by atoms with van der Waals surface area (Å²) in [6.07, 6.45) is 3.22. The van der Waals surface area contributed by atoms with Crippen LogP contribution in [0.3, 0.4) is 0 Å². The second-order valence-electron chi connectivity index (χ2n) is 6.40. The lowest BCUT2D eigenvalue weighted by molar-refractivity contribution is 0.0698. The minimum atomic E-state index is -3.21. The van der Waals surface area contributed by atoms with Crippen LogP contribution in [-0.2, 0) is 10.0 Å². The van der Waals surface area contributed by atoms with Gasteiger partial charge in [0.15, 0.2) is 0 Å². The van der Waals surface area contributed by atoms with Crippen LogP contribution in [0.2, 0.25) is 0 Å². The Morgan fingerprint density at radius 1 is 1.04 bits per heavy atom. The molecule has 3 rings (SSSR count). The first kappa shape index (κ1) is 17.7. The van der Waals surface area contributed by atoms with Gasteiger partial charge in [0.2, 0.25) is 10.0 Å². The van der Waals surface area contributed by atoms with Crippen molar-refractivity contribution in [2.24, 2.45) is 0 Å². The van der Waals surface area contributed by atoms with Crippen LogP contribution in [0.15, 0.2) is 24.3 Å². The Morgan fingerprint density at radius 2 is 1.64 bits per heavy atom. The average Bonchev–Trinajstić information content (AvgIpc) is 3.38. The molecule has 2 fully saturated rings. The SMILES string of the molecule is CS(=O)(=O)N1CCN(C(=O)c2ccc(NC(=O)NC3CC3)cc2)CC1. The number of nitrogens with one attached hydrogen (secondary N) is 2. The van der Waals surface area contributed by atoms with Crippen molar-refractivity contribution in [1.29, 1.82) is 0 Å². The van der Waals surface area contributed by atoms with Gasteiger partial charge in [-0.05, 0) is 37.1 Å². The molecular weight excluding hydrogens is 344 g/mol. The first-order chi connectivity index (χ1) is 11.8. The number of carbonyl (C=O) groups is 2. The van der Waals surface area contributed by atoms with Gasteiger partial charge in [0, 0.05) is 43.5 Å². The molecule has 1 saturated heterocycles. The minimum absolute atomic E-state index is 0.137. The van der Waals surface area contributed by atoms with Gasteiger partial charge in [-0.15, -0.1) is 0 Å². The number of piperazine rings is 1. The van der Waals surface area contributed by atoms with E-state index < -0.39 is 10.0 Å². The highest BCUT2D eigenvalue weighted by atomic mass is 32.2. The summed E-state index contributed by atoms with van der Waals surface area (Å²) < 4.78 is 24.4. The van der Waals surface area contributed by atoms with Gasteiger partial charge < -0.3 is 15.5 Å². The van der Waals surface area contributed by atoms with E-state index in [0.29, 0.717) is 37.4 Å². The maximum absolute atomic E-state index is 12.5. The zero-order valence-electron chi connectivity index (χ0n) is 14.1. The van der Waals surface area contributed by atoms with Crippen LogP contribution in [0.4, 0.5) is 10.5 Å². The Morgan fingerprint density at radius 3 is 2.16 bits per heavy atom. The van der Waals surface area contributed by atoms with Gasteiger partial charge in [-0.1, -0.05) is 0 Å². The molecule has 2 aliphatic rings. The molecule has 25 heavy (non-hydrogen) atoms. The Balaban J connectivity index is 1.55. The quantitative estimate of drug-likeness (QED) is 0.819. The molecule has 1 heterocycles. The van der Waals surface area contributed by atoms with E-state index in [1.807, 2.05) is 0 Å². The topological polar surface area (TPSA) is 98.8 Å². The van der Waals surface area contributed by atoms with Gasteiger partial charge in [-0.3, -0.25) is 4.79 Å². The molecule has 0 spiro atoms. The van der Waals surface area contributed by atoms with Crippen LogP contribution in [0.1, 0.15) is 23.2 Å². The molecule has 9 heteroatoms. The molecule has 136 valence electrons. The normalized spacial score (nSPS) is 18.7. The Labute approximate surface area is 147 Å². The van der Waals surface area contributed by atoms with E-state index in [-0.39, 0.29) is 18.0 Å². The Hall–Kier alpha value is -2.13. The molecule has 1 saturated carbocycles. The third kappa shape index (κ3) is 4.70. The summed E-state index contributed by atoms with van der Waals surface area (Å²) in [7, 11) is -3.21. The number of rotatable bonds is 4. The van der Waals surface area contributed by atoms with Gasteiger partial charge in [0.1, 0.15) is 0 Å². The van der Waals surface area contributed by atoms with E-state index in [0.717, 1.165) is 12.8 Å². The smallest absolute Gasteiger partial charge is 0.319 e. The maximum Gasteiger partial charge on any atom is 0.319 e. The summed E-state index contributed by atoms with van der Waals surface area (Å²) in [5.74, 6) is -0.137. The first-order valence-electron chi connectivity index (χ1n) is 8.25. The van der Waals surface area contributed by atoms with Gasteiger partial charge in [-0.25, -0.2) is 13.2 Å². The molecule has 8 nitrogen and oxygen atoms in total. The molecule has 3 amide bonds. The third-order valence-corrected chi connectivity index (χ3v) is 5.60. The molecule has 0 aromatic heterocycles. The van der Waals surface area contributed by atoms with E-state index in [1.54, 1.807) is 29.2 Å². The van der Waals surface area contributed by atoms with Gasteiger partial charge >= 0.3 is 6.03 Å². The highest BCUT2D eigenvalue weighted by Gasteiger charge is 2.26. The molecule has 1 aliphatic carbocycles. The van der Waals surface area contributed by atoms with Crippen LogP contribution >= 0.6 is 0 Å². The molecule has 1 aromatic rings. The fraction of sp³-hybridized carbons (Fsp3) is 0.500. The van der Waals surface area contributed by atoms with E-state index >= 15 is 0 Å². The standard InChI is InChI=1S/C16H22N4O4S/c1-25(23,24)20-10-8-19(9-11-20)15(21)12-2-4-13(5-3-12)17-16(22)18-14-6-7-14/h2-5,14H,6-11H2,1H3,(H2,17,18,22). The summed E-state index contributed by atoms with van der Waals surface area (Å²) in [6.45, 7) is 1.36. The van der Waals surface area contributed by atoms with E-state index in [9.17, 15) is 18.0 Å². The lowest BCUT2D eigenvalue weighted by atomic mass is 10.1. The van der Waals surface area contributed by atoms with Crippen LogP contribution in [0, 0.1) is 0 Å². The number of carbonyl (C=O) groups excluding carboxylic acids is 2. The number of amides is 3. The molecule has 0 atom stereocenters. The summed E-state index contributed by atoms with van der Waals surface area (Å²) in [6, 6.07) is 6.75. The minimum Gasteiger partial charge on any atom is -0.336 e. The Bertz CT molecular complexity index is 751. The van der Waals surface area contributed by atoms with Crippen molar-refractivity contribution in [3.05, 3.63) is 29.8 Å². The zero-order chi connectivity index (χ0) is 18.0. The Kier molecular flexibility index (Phi) is 4.96. The van der Waals surface area contributed by atoms with Gasteiger partial charge in [-0.2, -0.15) is 4.31 Å². The van der Waals surface area contributed by atoms with Gasteiger partial charge in [0.25, 0.3) is 5.91 Å². The van der Waals surface area contributed by atoms with Crippen LogP contribution in [-0.4, -0.2) is 68.0 Å². The van der Waals surface area contributed by atoms with Crippen LogP contribution in [0.5, 0.6) is 0 Å². The summed E-state index contributed by atoms with van der Waals surface area (Å²) in [4.78, 5) is 25.8. The fourth-order valence-electron chi connectivity index (χ4n) is 2.68. The highest BCUT2D eigenvalue weighted by Crippen LogP contribution is 2.19. The van der Waals surface area contributed by atoms with Crippen molar-refractivity contribution in [2.75, 3.05) is 37.8 Å². The number of hydrogen-bond donors (Lipinski definition) is 2. The van der Waals surface area contributed by atoms with E-state index in [1.165, 1.54) is 10.6 Å². The second kappa shape index (κ2) is 7.01. The number of hydrogen-bond acceptors (Lipinski definition) is 4. The third-order valence-electron chi connectivity index (χ3n) is 4.30. The van der Waals surface area contributed by atoms with Crippen molar-refractivity contribution >= 4 is 27.6 Å². The van der Waals surface area contributed by atoms with Crippen molar-refractivity contribution < 1.29 is 18.0 Å². The predicted molar refractivity (Wildman–Crippen MR) is 93.9 cm³/mol. The monoisotopic (exact) mass is 366 g/mol. The van der Waals surface area contributed by atoms with E-state index in [2.05, 4.69) is 10.6 Å².